The molecule has 0 saturated carbocycles. The summed E-state index contributed by atoms with van der Waals surface area (Å²) < 4.78 is 8.32. The predicted molar refractivity (Wildman–Crippen MR) is 212 cm³/mol. The molecule has 4 aromatic heterocycles. The fourth-order valence-electron chi connectivity index (χ4n) is 7.41. The number of anilines is 3. The van der Waals surface area contributed by atoms with Gasteiger partial charge in [0.2, 0.25) is 17.8 Å². The van der Waals surface area contributed by atoms with Gasteiger partial charge in [-0.3, -0.25) is 28.9 Å². The van der Waals surface area contributed by atoms with E-state index in [1.165, 1.54) is 0 Å². The number of furan rings is 1. The third-order valence-corrected chi connectivity index (χ3v) is 10.6. The average Bonchev–Trinajstić information content (AvgIpc) is 3.95. The van der Waals surface area contributed by atoms with Crippen LogP contribution in [0.4, 0.5) is 17.3 Å². The highest BCUT2D eigenvalue weighted by atomic mass is 16.3. The first-order valence-corrected chi connectivity index (χ1v) is 19.5. The summed E-state index contributed by atoms with van der Waals surface area (Å²) in [6, 6.07) is 16.6. The lowest BCUT2D eigenvalue weighted by molar-refractivity contribution is -0.136. The maximum absolute atomic E-state index is 13.2. The molecule has 2 aromatic carbocycles. The number of amides is 3. The second-order valence-corrected chi connectivity index (χ2v) is 14.4. The number of aromatic nitrogens is 7. The van der Waals surface area contributed by atoms with E-state index in [0.717, 1.165) is 84.7 Å². The zero-order chi connectivity index (χ0) is 39.1. The number of carbonyl (C=O) groups is 3. The van der Waals surface area contributed by atoms with Crippen LogP contribution in [-0.4, -0.2) is 89.9 Å². The van der Waals surface area contributed by atoms with Crippen LogP contribution in [0.15, 0.2) is 82.6 Å². The van der Waals surface area contributed by atoms with E-state index in [0.29, 0.717) is 48.6 Å². The van der Waals surface area contributed by atoms with Crippen molar-refractivity contribution in [3.63, 3.8) is 0 Å². The minimum absolute atomic E-state index is 0.148. The first-order chi connectivity index (χ1) is 27.9. The Bertz CT molecular complexity index is 2420. The average molecular weight is 773 g/mol. The van der Waals surface area contributed by atoms with E-state index in [-0.39, 0.29) is 24.7 Å². The molecule has 0 aliphatic carbocycles. The molecule has 2 aliphatic heterocycles. The van der Waals surface area contributed by atoms with Crippen LogP contribution in [0.5, 0.6) is 0 Å². The minimum atomic E-state index is -0.856. The van der Waals surface area contributed by atoms with Crippen molar-refractivity contribution in [1.29, 1.82) is 0 Å². The van der Waals surface area contributed by atoms with Crippen LogP contribution in [0.25, 0.3) is 27.7 Å². The van der Waals surface area contributed by atoms with Crippen molar-refractivity contribution in [3.8, 4) is 11.1 Å². The number of rotatable bonds is 15. The number of nitrogens with one attached hydrogen (secondary N) is 3. The largest absolute Gasteiger partial charge is 0.467 e. The van der Waals surface area contributed by atoms with Gasteiger partial charge in [-0.15, -0.1) is 15.3 Å². The third-order valence-electron chi connectivity index (χ3n) is 10.6. The molecular weight excluding hydrogens is 729 g/mol. The van der Waals surface area contributed by atoms with Gasteiger partial charge in [0.15, 0.2) is 5.65 Å². The fraction of sp³-hybridized carbons (Fsp3) is 0.375. The van der Waals surface area contributed by atoms with Crippen molar-refractivity contribution in [1.82, 2.24) is 44.8 Å². The maximum atomic E-state index is 13.2. The van der Waals surface area contributed by atoms with Crippen LogP contribution in [0.1, 0.15) is 63.2 Å². The summed E-state index contributed by atoms with van der Waals surface area (Å²) in [4.78, 5) is 58.9. The van der Waals surface area contributed by atoms with Crippen molar-refractivity contribution in [3.05, 3.63) is 89.5 Å². The summed E-state index contributed by atoms with van der Waals surface area (Å²) >= 11 is 0. The molecule has 0 bridgehead atoms. The van der Waals surface area contributed by atoms with Gasteiger partial charge in [-0.1, -0.05) is 36.6 Å². The quantitative estimate of drug-likeness (QED) is 0.0994. The van der Waals surface area contributed by atoms with Gasteiger partial charge in [0.1, 0.15) is 23.6 Å². The van der Waals surface area contributed by atoms with Gasteiger partial charge in [0, 0.05) is 68.7 Å². The van der Waals surface area contributed by atoms with Crippen LogP contribution >= 0.6 is 0 Å². The highest BCUT2D eigenvalue weighted by Crippen LogP contribution is 2.28. The molecule has 57 heavy (non-hydrogen) atoms. The number of unbranched alkanes of at least 4 members (excludes halogenated alkanes) is 4. The summed E-state index contributed by atoms with van der Waals surface area (Å²) in [5.74, 6) is 0.763. The molecule has 0 spiro atoms. The summed E-state index contributed by atoms with van der Waals surface area (Å²) in [6.45, 7) is 4.21. The van der Waals surface area contributed by atoms with Crippen LogP contribution in [0, 0.1) is 0 Å². The molecule has 8 rings (SSSR count). The molecule has 294 valence electrons. The van der Waals surface area contributed by atoms with E-state index in [1.54, 1.807) is 24.7 Å². The molecule has 17 heteroatoms. The molecule has 2 fully saturated rings. The molecule has 6 aromatic rings. The molecule has 0 radical (unpaired) electrons. The SMILES string of the molecule is O=C1CCC(n2nnc3ccc(NCCCCCCCC(=O)N4CCN(c5ccc(-c6cnc(NCc7ccco7)n7cnnc67)cc5)CC4)cc3c2=O)C(=O)N1. The molecular formula is C40H44N12O5. The summed E-state index contributed by atoms with van der Waals surface area (Å²) in [7, 11) is 0. The summed E-state index contributed by atoms with van der Waals surface area (Å²) in [5, 5.41) is 25.8. The number of benzene rings is 2. The highest BCUT2D eigenvalue weighted by Gasteiger charge is 2.30. The Morgan fingerprint density at radius 3 is 2.54 bits per heavy atom. The van der Waals surface area contributed by atoms with Gasteiger partial charge in [0.05, 0.1) is 18.2 Å². The second-order valence-electron chi connectivity index (χ2n) is 14.4. The lowest BCUT2D eigenvalue weighted by Crippen LogP contribution is -2.48. The number of hydrogen-bond donors (Lipinski definition) is 3. The Morgan fingerprint density at radius 1 is 0.912 bits per heavy atom. The summed E-state index contributed by atoms with van der Waals surface area (Å²) in [5.41, 5.74) is 4.52. The molecule has 6 heterocycles. The minimum Gasteiger partial charge on any atom is -0.467 e. The Balaban J connectivity index is 0.733. The van der Waals surface area contributed by atoms with Crippen LogP contribution in [0.3, 0.4) is 0 Å². The number of piperidine rings is 1. The highest BCUT2D eigenvalue weighted by molar-refractivity contribution is 5.99. The lowest BCUT2D eigenvalue weighted by Gasteiger charge is -2.36. The van der Waals surface area contributed by atoms with E-state index < -0.39 is 17.5 Å². The zero-order valence-electron chi connectivity index (χ0n) is 31.5. The van der Waals surface area contributed by atoms with E-state index >= 15 is 0 Å². The van der Waals surface area contributed by atoms with Crippen molar-refractivity contribution in [2.75, 3.05) is 48.3 Å². The topological polar surface area (TPSA) is 198 Å². The third kappa shape index (κ3) is 8.46. The number of piperazine rings is 1. The first kappa shape index (κ1) is 37.3. The Labute approximate surface area is 327 Å². The van der Waals surface area contributed by atoms with Gasteiger partial charge in [-0.2, -0.15) is 4.68 Å². The van der Waals surface area contributed by atoms with Gasteiger partial charge in [-0.05, 0) is 67.3 Å². The lowest BCUT2D eigenvalue weighted by atomic mass is 10.1. The number of fused-ring (bicyclic) bond motifs is 2. The first-order valence-electron chi connectivity index (χ1n) is 19.5. The van der Waals surface area contributed by atoms with E-state index in [1.807, 2.05) is 33.7 Å². The van der Waals surface area contributed by atoms with Crippen LogP contribution in [-0.2, 0) is 20.9 Å². The van der Waals surface area contributed by atoms with Crippen LogP contribution < -0.4 is 26.4 Å². The normalized spacial score (nSPS) is 16.0. The van der Waals surface area contributed by atoms with Gasteiger partial charge >= 0.3 is 0 Å². The Morgan fingerprint density at radius 2 is 1.74 bits per heavy atom. The molecule has 2 aliphatic rings. The van der Waals surface area contributed by atoms with E-state index in [2.05, 4.69) is 70.6 Å². The van der Waals surface area contributed by atoms with Gasteiger partial charge in [0.25, 0.3) is 11.5 Å². The van der Waals surface area contributed by atoms with Crippen molar-refractivity contribution in [2.24, 2.45) is 0 Å². The molecule has 3 N–H and O–H groups in total. The Hall–Kier alpha value is -6.65. The van der Waals surface area contributed by atoms with Crippen molar-refractivity contribution in [2.45, 2.75) is 64.0 Å². The maximum Gasteiger partial charge on any atom is 0.278 e. The van der Waals surface area contributed by atoms with Crippen LogP contribution in [0.2, 0.25) is 0 Å². The fourth-order valence-corrected chi connectivity index (χ4v) is 7.41. The zero-order valence-corrected chi connectivity index (χ0v) is 31.5. The number of imide groups is 1. The smallest absolute Gasteiger partial charge is 0.278 e. The standard InChI is InChI=1S/C40H44N12O5/c53-35-16-15-34(38(55)45-35)52-39(56)31-23-28(11-14-33(31)46-48-52)41-17-5-3-1-2-4-8-36(54)50-20-18-49(19-21-50)29-12-9-27(10-13-29)32-25-43-40(51-26-44-47-37(32)51)42-24-30-7-6-22-57-30/h6-7,9-14,22-23,25-26,34,41H,1-5,8,15-21,24H2,(H,42,43)(H,45,53,55). The van der Waals surface area contributed by atoms with Crippen molar-refractivity contribution < 1.29 is 18.8 Å². The molecule has 2 saturated heterocycles. The predicted octanol–water partition coefficient (Wildman–Crippen LogP) is 4.18. The molecule has 17 nitrogen and oxygen atoms in total. The van der Waals surface area contributed by atoms with Gasteiger partial charge in [-0.25, -0.2) is 4.98 Å². The van der Waals surface area contributed by atoms with E-state index in [4.69, 9.17) is 4.42 Å². The molecule has 3 amide bonds. The van der Waals surface area contributed by atoms with E-state index in [9.17, 15) is 19.2 Å². The van der Waals surface area contributed by atoms with Gasteiger partial charge < -0.3 is 24.9 Å². The molecule has 1 unspecified atom stereocenters. The Kier molecular flexibility index (Phi) is 11.1. The summed E-state index contributed by atoms with van der Waals surface area (Å²) in [6.07, 6.45) is 10.9. The number of nitrogens with zero attached hydrogens (tertiary/aromatic N) is 9. The van der Waals surface area contributed by atoms with Crippen molar-refractivity contribution >= 4 is 51.6 Å². The molecule has 1 atom stereocenters. The number of carbonyl (C=O) groups excluding carboxylic acids is 3. The second kappa shape index (κ2) is 17.0. The number of hydrogen-bond acceptors (Lipinski definition) is 13. The monoisotopic (exact) mass is 772 g/mol.